The van der Waals surface area contributed by atoms with Gasteiger partial charge >= 0.3 is 10.1 Å². The van der Waals surface area contributed by atoms with Gasteiger partial charge < -0.3 is 8.74 Å². The highest BCUT2D eigenvalue weighted by Gasteiger charge is 2.30. The molecule has 0 aliphatic heterocycles. The Morgan fingerprint density at radius 3 is 1.06 bits per heavy atom. The molecule has 0 radical (unpaired) electrons. The van der Waals surface area contributed by atoms with Crippen molar-refractivity contribution in [3.8, 4) is 5.75 Å². The zero-order chi connectivity index (χ0) is 38.7. The van der Waals surface area contributed by atoms with Gasteiger partial charge in [0, 0.05) is 0 Å². The van der Waals surface area contributed by atoms with E-state index in [0.717, 1.165) is 29.8 Å². The van der Waals surface area contributed by atoms with Crippen LogP contribution in [0.15, 0.2) is 146 Å². The van der Waals surface area contributed by atoms with Crippen molar-refractivity contribution in [3.63, 3.8) is 0 Å². The van der Waals surface area contributed by atoms with E-state index in [4.69, 9.17) is 4.18 Å². The number of hydrogen-bond acceptors (Lipinski definition) is 6. The minimum Gasteiger partial charge on any atom is -0.744 e. The van der Waals surface area contributed by atoms with Gasteiger partial charge in [-0.2, -0.15) is 8.42 Å². The first-order chi connectivity index (χ1) is 23.9. The molecule has 276 valence electrons. The summed E-state index contributed by atoms with van der Waals surface area (Å²) in [6.45, 7) is 22.3. The first kappa shape index (κ1) is 40.9. The van der Waals surface area contributed by atoms with Crippen LogP contribution in [-0.2, 0) is 47.4 Å². The summed E-state index contributed by atoms with van der Waals surface area (Å²) in [6, 6.07) is 38.1. The van der Waals surface area contributed by atoms with E-state index >= 15 is 0 Å². The van der Waals surface area contributed by atoms with E-state index in [1.165, 1.54) is 43.5 Å². The average Bonchev–Trinajstić information content (AvgIpc) is 3.05. The Morgan fingerprint density at radius 2 is 0.769 bits per heavy atom. The predicted molar refractivity (Wildman–Crippen MR) is 211 cm³/mol. The third-order valence-corrected chi connectivity index (χ3v) is 12.8. The Bertz CT molecular complexity index is 2010. The van der Waals surface area contributed by atoms with E-state index < -0.39 is 25.1 Å². The largest absolute Gasteiger partial charge is 0.744 e. The molecule has 0 unspecified atom stereocenters. The molecule has 5 rings (SSSR count). The Kier molecular flexibility index (Phi) is 12.3. The Labute approximate surface area is 314 Å². The highest BCUT2D eigenvalue weighted by atomic mass is 32.2. The molecule has 0 saturated heterocycles. The van der Waals surface area contributed by atoms with E-state index in [9.17, 15) is 21.4 Å². The van der Waals surface area contributed by atoms with Gasteiger partial charge in [0.2, 0.25) is 0 Å². The summed E-state index contributed by atoms with van der Waals surface area (Å²) in [7, 11) is -8.70. The van der Waals surface area contributed by atoms with E-state index in [-0.39, 0.29) is 37.8 Å². The topological polar surface area (TPSA) is 101 Å². The summed E-state index contributed by atoms with van der Waals surface area (Å²) >= 11 is 0. The molecule has 0 aliphatic rings. The molecule has 5 aromatic carbocycles. The maximum atomic E-state index is 12.0. The monoisotopic (exact) mass is 758 g/mol. The van der Waals surface area contributed by atoms with E-state index in [2.05, 4.69) is 135 Å². The highest BCUT2D eigenvalue weighted by Crippen LogP contribution is 2.35. The molecule has 0 saturated carbocycles. The van der Waals surface area contributed by atoms with Crippen molar-refractivity contribution in [3.05, 3.63) is 144 Å². The minimum atomic E-state index is -4.58. The molecule has 6 nitrogen and oxygen atoms in total. The summed E-state index contributed by atoms with van der Waals surface area (Å²) < 4.78 is 61.2. The zero-order valence-corrected chi connectivity index (χ0v) is 34.2. The van der Waals surface area contributed by atoms with Crippen LogP contribution in [0.5, 0.6) is 5.75 Å². The van der Waals surface area contributed by atoms with Crippen LogP contribution in [-0.4, -0.2) is 21.4 Å². The fourth-order valence-electron chi connectivity index (χ4n) is 5.22. The Morgan fingerprint density at radius 1 is 0.462 bits per heavy atom. The van der Waals surface area contributed by atoms with Crippen molar-refractivity contribution in [1.29, 1.82) is 0 Å². The van der Waals surface area contributed by atoms with Crippen LogP contribution in [0.1, 0.15) is 84.6 Å². The van der Waals surface area contributed by atoms with Gasteiger partial charge in [-0.1, -0.05) is 116 Å². The second-order valence-electron chi connectivity index (χ2n) is 15.9. The summed E-state index contributed by atoms with van der Waals surface area (Å²) in [5.74, 6) is -0.0806. The van der Waals surface area contributed by atoms with Crippen LogP contribution < -0.4 is 4.18 Å². The van der Waals surface area contributed by atoms with E-state index in [1.54, 1.807) is 12.1 Å². The van der Waals surface area contributed by atoms with Crippen LogP contribution in [0, 0.1) is 6.92 Å². The minimum absolute atomic E-state index is 0.0198. The normalized spacial score (nSPS) is 12.6. The molecule has 52 heavy (non-hydrogen) atoms. The van der Waals surface area contributed by atoms with Crippen molar-refractivity contribution in [2.45, 2.75) is 110 Å². The maximum Gasteiger partial charge on any atom is 0.339 e. The molecule has 0 aromatic heterocycles. The van der Waals surface area contributed by atoms with Crippen molar-refractivity contribution in [1.82, 2.24) is 0 Å². The summed E-state index contributed by atoms with van der Waals surface area (Å²) in [5.41, 5.74) is 5.54. The van der Waals surface area contributed by atoms with Crippen molar-refractivity contribution < 1.29 is 25.6 Å². The average molecular weight is 759 g/mol. The fraction of sp³-hybridized carbons (Fsp3) is 0.302. The van der Waals surface area contributed by atoms with Crippen LogP contribution in [0.25, 0.3) is 0 Å². The third-order valence-electron chi connectivity index (χ3n) is 8.50. The second kappa shape index (κ2) is 15.6. The molecule has 0 bridgehead atoms. The Hall–Kier alpha value is -3.89. The molecule has 0 amide bonds. The van der Waals surface area contributed by atoms with E-state index in [0.29, 0.717) is 0 Å². The van der Waals surface area contributed by atoms with Crippen molar-refractivity contribution in [2.24, 2.45) is 0 Å². The van der Waals surface area contributed by atoms with Gasteiger partial charge in [0.1, 0.15) is 20.8 Å². The molecular weight excluding hydrogens is 709 g/mol. The SMILES string of the molecule is CC(C)(C)c1ccc([S+](c2ccc(C(C)(C)C)cc2)c2ccc(C(C)(C)C)cc2)cc1.Cc1ccc(S(=O)(=O)Oc2ccc(S(=O)(=O)[O-])cc2)cc1. The van der Waals surface area contributed by atoms with Crippen molar-refractivity contribution in [2.75, 3.05) is 0 Å². The third kappa shape index (κ3) is 10.8. The molecule has 0 aliphatic carbocycles. The van der Waals surface area contributed by atoms with Gasteiger partial charge in [0.05, 0.1) is 15.8 Å². The smallest absolute Gasteiger partial charge is 0.339 e. The molecular formula is C43H50O6S3. The standard InChI is InChI=1S/C30H39S.C13H12O6S2/c1-28(2,3)22-10-16-25(17-11-22)31(26-18-12-23(13-19-26)29(4,5)6)27-20-14-24(15-21-27)30(7,8)9;1-10-2-6-13(7-3-10)21(17,18)19-11-4-8-12(9-5-11)20(14,15)16/h10-21H,1-9H3;2-9H,1H3,(H,14,15,16)/q+1;/p-1. The summed E-state index contributed by atoms with van der Waals surface area (Å²) in [6.07, 6.45) is 0. The molecule has 0 atom stereocenters. The molecule has 0 heterocycles. The molecule has 0 spiro atoms. The van der Waals surface area contributed by atoms with Gasteiger partial charge in [0.15, 0.2) is 14.7 Å². The molecule has 0 fully saturated rings. The molecule has 9 heteroatoms. The van der Waals surface area contributed by atoms with E-state index in [1.807, 2.05) is 6.92 Å². The van der Waals surface area contributed by atoms with Crippen molar-refractivity contribution >= 4 is 31.1 Å². The lowest BCUT2D eigenvalue weighted by Gasteiger charge is -2.21. The highest BCUT2D eigenvalue weighted by molar-refractivity contribution is 7.97. The van der Waals surface area contributed by atoms with Crippen LogP contribution in [0.2, 0.25) is 0 Å². The van der Waals surface area contributed by atoms with Crippen LogP contribution >= 0.6 is 0 Å². The first-order valence-corrected chi connectivity index (χ1v) is 21.1. The van der Waals surface area contributed by atoms with Gasteiger partial charge in [-0.15, -0.1) is 0 Å². The summed E-state index contributed by atoms with van der Waals surface area (Å²) in [4.78, 5) is 3.65. The van der Waals surface area contributed by atoms with Gasteiger partial charge in [-0.3, -0.25) is 0 Å². The lowest BCUT2D eigenvalue weighted by molar-refractivity contribution is 0.463. The number of rotatable bonds is 7. The molecule has 5 aromatic rings. The van der Waals surface area contributed by atoms with Crippen LogP contribution in [0.4, 0.5) is 0 Å². The van der Waals surface area contributed by atoms with Gasteiger partial charge in [-0.05, 0) is 113 Å². The lowest BCUT2D eigenvalue weighted by Crippen LogP contribution is -2.13. The number of benzene rings is 5. The van der Waals surface area contributed by atoms with Gasteiger partial charge in [0.25, 0.3) is 0 Å². The van der Waals surface area contributed by atoms with Crippen LogP contribution in [0.3, 0.4) is 0 Å². The molecule has 0 N–H and O–H groups in total. The number of hydrogen-bond donors (Lipinski definition) is 0. The quantitative estimate of drug-likeness (QED) is 0.0931. The fourth-order valence-corrected chi connectivity index (χ4v) is 8.66. The maximum absolute atomic E-state index is 12.0. The lowest BCUT2D eigenvalue weighted by atomic mass is 9.87. The Balaban J connectivity index is 0.000000251. The summed E-state index contributed by atoms with van der Waals surface area (Å²) in [5, 5.41) is 0. The van der Waals surface area contributed by atoms with Gasteiger partial charge in [-0.25, -0.2) is 8.42 Å². The predicted octanol–water partition coefficient (Wildman–Crippen LogP) is 10.3. The number of aryl methyl sites for hydroxylation is 1. The second-order valence-corrected chi connectivity index (χ2v) is 20.9. The first-order valence-electron chi connectivity index (χ1n) is 17.1. The zero-order valence-electron chi connectivity index (χ0n) is 31.7.